The minimum Gasteiger partial charge on any atom is -0.494 e. The molecule has 4 rings (SSSR count). The van der Waals surface area contributed by atoms with Gasteiger partial charge in [0.15, 0.2) is 0 Å². The molecule has 2 heterocycles. The number of hydrogen-bond donors (Lipinski definition) is 0. The topological polar surface area (TPSA) is 42.7 Å². The number of nitrogens with zero attached hydrogens (tertiary/aromatic N) is 1. The zero-order chi connectivity index (χ0) is 20.9. The molecule has 0 saturated heterocycles. The van der Waals surface area contributed by atoms with E-state index >= 15 is 0 Å². The number of carbonyl (C=O) groups is 1. The van der Waals surface area contributed by atoms with E-state index in [2.05, 4.69) is 18.2 Å². The van der Waals surface area contributed by atoms with Crippen LogP contribution in [0.25, 0.3) is 11.3 Å². The monoisotopic (exact) mass is 421 g/mol. The van der Waals surface area contributed by atoms with Gasteiger partial charge in [0.2, 0.25) is 5.91 Å². The number of furan rings is 1. The first-order chi connectivity index (χ1) is 14.7. The number of fused-ring (bicyclic) bond motifs is 1. The summed E-state index contributed by atoms with van der Waals surface area (Å²) in [5, 5.41) is 0. The Morgan fingerprint density at radius 1 is 1.17 bits per heavy atom. The molecule has 1 aliphatic rings. The second-order valence-electron chi connectivity index (χ2n) is 7.42. The predicted molar refractivity (Wildman–Crippen MR) is 123 cm³/mol. The highest BCUT2D eigenvalue weighted by atomic mass is 32.2. The number of anilines is 1. The zero-order valence-corrected chi connectivity index (χ0v) is 18.3. The van der Waals surface area contributed by atoms with Gasteiger partial charge in [0.25, 0.3) is 0 Å². The van der Waals surface area contributed by atoms with E-state index in [0.717, 1.165) is 59.2 Å². The van der Waals surface area contributed by atoms with E-state index in [1.807, 2.05) is 55.1 Å². The fraction of sp³-hybridized carbons (Fsp3) is 0.320. The summed E-state index contributed by atoms with van der Waals surface area (Å²) in [5.74, 6) is 3.97. The number of amides is 1. The lowest BCUT2D eigenvalue weighted by Gasteiger charge is -2.29. The molecule has 0 N–H and O–H groups in total. The van der Waals surface area contributed by atoms with Gasteiger partial charge in [-0.05, 0) is 56.5 Å². The normalized spacial score (nSPS) is 13.2. The van der Waals surface area contributed by atoms with Crippen molar-refractivity contribution in [3.8, 4) is 17.1 Å². The molecule has 4 nitrogen and oxygen atoms in total. The van der Waals surface area contributed by atoms with Crippen LogP contribution in [0.5, 0.6) is 5.75 Å². The van der Waals surface area contributed by atoms with Gasteiger partial charge in [-0.3, -0.25) is 4.79 Å². The Hall–Kier alpha value is -2.66. The van der Waals surface area contributed by atoms with Gasteiger partial charge in [-0.15, -0.1) is 11.8 Å². The lowest BCUT2D eigenvalue weighted by molar-refractivity contribution is -0.116. The second-order valence-corrected chi connectivity index (χ2v) is 8.41. The van der Waals surface area contributed by atoms with Crippen LogP contribution in [-0.4, -0.2) is 24.8 Å². The molecule has 5 heteroatoms. The highest BCUT2D eigenvalue weighted by Gasteiger charge is 2.22. The van der Waals surface area contributed by atoms with Gasteiger partial charge in [-0.25, -0.2) is 0 Å². The van der Waals surface area contributed by atoms with Gasteiger partial charge >= 0.3 is 0 Å². The maximum Gasteiger partial charge on any atom is 0.236 e. The van der Waals surface area contributed by atoms with Crippen molar-refractivity contribution in [1.82, 2.24) is 0 Å². The molecule has 0 aliphatic carbocycles. The number of aryl methyl sites for hydroxylation is 2. The molecule has 0 spiro atoms. The van der Waals surface area contributed by atoms with Gasteiger partial charge in [0.1, 0.15) is 17.3 Å². The summed E-state index contributed by atoms with van der Waals surface area (Å²) >= 11 is 1.64. The Morgan fingerprint density at radius 3 is 2.90 bits per heavy atom. The van der Waals surface area contributed by atoms with Crippen molar-refractivity contribution in [1.29, 1.82) is 0 Å². The molecular weight excluding hydrogens is 394 g/mol. The van der Waals surface area contributed by atoms with Crippen LogP contribution in [0.2, 0.25) is 0 Å². The van der Waals surface area contributed by atoms with Crippen molar-refractivity contribution >= 4 is 23.4 Å². The summed E-state index contributed by atoms with van der Waals surface area (Å²) in [6, 6.07) is 18.3. The lowest BCUT2D eigenvalue weighted by atomic mass is 10.0. The van der Waals surface area contributed by atoms with E-state index in [1.54, 1.807) is 11.8 Å². The summed E-state index contributed by atoms with van der Waals surface area (Å²) in [6.07, 6.45) is 2.08. The fourth-order valence-electron chi connectivity index (χ4n) is 3.83. The molecule has 30 heavy (non-hydrogen) atoms. The van der Waals surface area contributed by atoms with E-state index < -0.39 is 0 Å². The third-order valence-electron chi connectivity index (χ3n) is 5.34. The smallest absolute Gasteiger partial charge is 0.236 e. The van der Waals surface area contributed by atoms with Gasteiger partial charge < -0.3 is 14.1 Å². The van der Waals surface area contributed by atoms with Crippen LogP contribution in [0.4, 0.5) is 5.69 Å². The maximum atomic E-state index is 12.8. The van der Waals surface area contributed by atoms with Crippen LogP contribution in [0.3, 0.4) is 0 Å². The molecule has 0 unspecified atom stereocenters. The quantitative estimate of drug-likeness (QED) is 0.479. The Kier molecular flexibility index (Phi) is 6.48. The van der Waals surface area contributed by atoms with Gasteiger partial charge in [-0.1, -0.05) is 30.3 Å². The lowest BCUT2D eigenvalue weighted by Crippen LogP contribution is -2.36. The van der Waals surface area contributed by atoms with E-state index in [-0.39, 0.29) is 5.91 Å². The number of hydrogen-bond acceptors (Lipinski definition) is 4. The van der Waals surface area contributed by atoms with Crippen molar-refractivity contribution < 1.29 is 13.9 Å². The van der Waals surface area contributed by atoms with Crippen molar-refractivity contribution in [3.63, 3.8) is 0 Å². The van der Waals surface area contributed by atoms with Crippen molar-refractivity contribution in [3.05, 3.63) is 71.5 Å². The van der Waals surface area contributed by atoms with E-state index in [9.17, 15) is 4.79 Å². The molecule has 3 aromatic rings. The average Bonchev–Trinajstić information content (AvgIpc) is 3.14. The number of thioether (sulfide) groups is 1. The number of carbonyl (C=O) groups excluding carboxylic acids is 1. The molecule has 0 atom stereocenters. The first-order valence-corrected chi connectivity index (χ1v) is 11.6. The maximum absolute atomic E-state index is 12.8. The van der Waals surface area contributed by atoms with Gasteiger partial charge in [0, 0.05) is 29.1 Å². The second kappa shape index (κ2) is 9.43. The number of benzene rings is 2. The molecule has 1 aliphatic heterocycles. The highest BCUT2D eigenvalue weighted by Crippen LogP contribution is 2.31. The molecule has 0 bridgehead atoms. The summed E-state index contributed by atoms with van der Waals surface area (Å²) in [4.78, 5) is 14.8. The summed E-state index contributed by atoms with van der Waals surface area (Å²) < 4.78 is 11.6. The largest absolute Gasteiger partial charge is 0.494 e. The molecule has 156 valence electrons. The molecule has 1 aromatic heterocycles. The van der Waals surface area contributed by atoms with Crippen LogP contribution < -0.4 is 9.64 Å². The van der Waals surface area contributed by atoms with Crippen molar-refractivity contribution in [2.45, 2.75) is 32.4 Å². The average molecular weight is 422 g/mol. The third-order valence-corrected chi connectivity index (χ3v) is 6.31. The number of ether oxygens (including phenoxy) is 1. The minimum atomic E-state index is 0.179. The Labute approximate surface area is 182 Å². The van der Waals surface area contributed by atoms with Crippen LogP contribution in [-0.2, 0) is 17.0 Å². The van der Waals surface area contributed by atoms with E-state index in [4.69, 9.17) is 9.15 Å². The Balaban J connectivity index is 1.38. The zero-order valence-electron chi connectivity index (χ0n) is 17.5. The fourth-order valence-corrected chi connectivity index (χ4v) is 4.77. The standard InChI is InChI=1S/C25H27NO3S/c1-3-28-22-11-6-9-20(14-22)24-15-21(18(2)29-24)16-30-17-25(27)26-13-7-10-19-8-4-5-12-23(19)26/h4-6,8-9,11-12,14-15H,3,7,10,13,16-17H2,1-2H3. The first-order valence-electron chi connectivity index (χ1n) is 10.4. The summed E-state index contributed by atoms with van der Waals surface area (Å²) in [5.41, 5.74) is 4.47. The van der Waals surface area contributed by atoms with Crippen LogP contribution in [0, 0.1) is 6.92 Å². The summed E-state index contributed by atoms with van der Waals surface area (Å²) in [6.45, 7) is 5.40. The number of rotatable bonds is 7. The van der Waals surface area contributed by atoms with E-state index in [0.29, 0.717) is 12.4 Å². The SMILES string of the molecule is CCOc1cccc(-c2cc(CSCC(=O)N3CCCc4ccccc43)c(C)o2)c1. The predicted octanol–water partition coefficient (Wildman–Crippen LogP) is 5.87. The van der Waals surface area contributed by atoms with Crippen LogP contribution in [0.15, 0.2) is 59.0 Å². The molecular formula is C25H27NO3S. The Morgan fingerprint density at radius 2 is 2.03 bits per heavy atom. The molecule has 2 aromatic carbocycles. The number of para-hydroxylation sites is 1. The summed E-state index contributed by atoms with van der Waals surface area (Å²) in [7, 11) is 0. The molecule has 0 saturated carbocycles. The van der Waals surface area contributed by atoms with Crippen LogP contribution in [0.1, 0.15) is 30.2 Å². The van der Waals surface area contributed by atoms with Gasteiger partial charge in [0.05, 0.1) is 12.4 Å². The molecule has 0 fully saturated rings. The van der Waals surface area contributed by atoms with Crippen LogP contribution >= 0.6 is 11.8 Å². The van der Waals surface area contributed by atoms with E-state index in [1.165, 1.54) is 5.56 Å². The molecule has 0 radical (unpaired) electrons. The van der Waals surface area contributed by atoms with Crippen molar-refractivity contribution in [2.75, 3.05) is 23.8 Å². The van der Waals surface area contributed by atoms with Crippen molar-refractivity contribution in [2.24, 2.45) is 0 Å². The Bertz CT molecular complexity index is 1030. The first kappa shape index (κ1) is 20.6. The van der Waals surface area contributed by atoms with Gasteiger partial charge in [-0.2, -0.15) is 0 Å². The molecule has 1 amide bonds. The minimum absolute atomic E-state index is 0.179. The highest BCUT2D eigenvalue weighted by molar-refractivity contribution is 7.99. The third kappa shape index (κ3) is 4.57.